The summed E-state index contributed by atoms with van der Waals surface area (Å²) in [5.74, 6) is 1.80. The zero-order valence-corrected chi connectivity index (χ0v) is 18.4. The topological polar surface area (TPSA) is 59.8 Å². The number of nitrogens with zero attached hydrogens (tertiary/aromatic N) is 3. The first-order valence-corrected chi connectivity index (χ1v) is 12.0. The Labute approximate surface area is 183 Å². The lowest BCUT2D eigenvalue weighted by Gasteiger charge is -2.09. The Morgan fingerprint density at radius 1 is 1.17 bits per heavy atom. The third-order valence-electron chi connectivity index (χ3n) is 5.23. The monoisotopic (exact) mass is 434 g/mol. The third kappa shape index (κ3) is 3.75. The highest BCUT2D eigenvalue weighted by Gasteiger charge is 2.25. The van der Waals surface area contributed by atoms with Gasteiger partial charge in [0.25, 0.3) is 0 Å². The van der Waals surface area contributed by atoms with E-state index < -0.39 is 0 Å². The molecule has 2 heterocycles. The van der Waals surface area contributed by atoms with Gasteiger partial charge in [0.1, 0.15) is 5.82 Å². The lowest BCUT2D eigenvalue weighted by molar-refractivity contribution is -0.115. The van der Waals surface area contributed by atoms with Crippen molar-refractivity contribution in [2.45, 2.75) is 37.5 Å². The van der Waals surface area contributed by atoms with Gasteiger partial charge in [0.2, 0.25) is 11.0 Å². The smallest absolute Gasteiger partial charge is 0.229 e. The molecule has 0 spiro atoms. The summed E-state index contributed by atoms with van der Waals surface area (Å²) in [6.45, 7) is 2.14. The second-order valence-electron chi connectivity index (χ2n) is 7.31. The van der Waals surface area contributed by atoms with Gasteiger partial charge < -0.3 is 5.32 Å². The van der Waals surface area contributed by atoms with Crippen LogP contribution in [0.15, 0.2) is 53.4 Å². The summed E-state index contributed by atoms with van der Waals surface area (Å²) in [7, 11) is 0. The van der Waals surface area contributed by atoms with Gasteiger partial charge in [-0.1, -0.05) is 42.5 Å². The number of carbonyl (C=O) groups excluding carboxylic acids is 1. The molecule has 0 aliphatic heterocycles. The van der Waals surface area contributed by atoms with Crippen molar-refractivity contribution in [2.24, 2.45) is 0 Å². The van der Waals surface area contributed by atoms with E-state index in [1.165, 1.54) is 4.90 Å². The van der Waals surface area contributed by atoms with Gasteiger partial charge in [0.15, 0.2) is 0 Å². The molecular weight excluding hydrogens is 412 g/mol. The highest BCUT2D eigenvalue weighted by atomic mass is 32.2. The molecule has 2 aromatic carbocycles. The minimum absolute atomic E-state index is 0.0251. The van der Waals surface area contributed by atoms with E-state index in [2.05, 4.69) is 30.4 Å². The van der Waals surface area contributed by atoms with Gasteiger partial charge in [-0.2, -0.15) is 9.78 Å². The number of fused-ring (bicyclic) bond motifs is 2. The highest BCUT2D eigenvalue weighted by Crippen LogP contribution is 2.33. The van der Waals surface area contributed by atoms with Crippen molar-refractivity contribution in [3.8, 4) is 5.13 Å². The lowest BCUT2D eigenvalue weighted by Crippen LogP contribution is -2.18. The van der Waals surface area contributed by atoms with E-state index in [-0.39, 0.29) is 5.91 Å². The lowest BCUT2D eigenvalue weighted by atomic mass is 10.1. The van der Waals surface area contributed by atoms with Gasteiger partial charge in [-0.05, 0) is 54.8 Å². The first-order valence-electron chi connectivity index (χ1n) is 10.2. The van der Waals surface area contributed by atoms with Crippen molar-refractivity contribution < 1.29 is 4.79 Å². The van der Waals surface area contributed by atoms with Crippen molar-refractivity contribution in [3.63, 3.8) is 0 Å². The van der Waals surface area contributed by atoms with Gasteiger partial charge in [-0.25, -0.2) is 4.98 Å². The van der Waals surface area contributed by atoms with E-state index in [0.29, 0.717) is 6.42 Å². The fourth-order valence-electron chi connectivity index (χ4n) is 3.84. The zero-order valence-electron chi connectivity index (χ0n) is 16.7. The molecule has 1 aliphatic rings. The van der Waals surface area contributed by atoms with E-state index >= 15 is 0 Å². The minimum atomic E-state index is -0.0251. The van der Waals surface area contributed by atoms with E-state index in [1.807, 2.05) is 35.0 Å². The van der Waals surface area contributed by atoms with Crippen LogP contribution in [0.2, 0.25) is 0 Å². The SMILES string of the molecule is CCSc1ccc(CC(=O)Nc2c3c(nn2-c2nc4ccccc4s2)CCC3)cc1. The van der Waals surface area contributed by atoms with Crippen LogP contribution in [-0.2, 0) is 24.1 Å². The normalized spacial score (nSPS) is 13.0. The number of thiazole rings is 1. The Bertz CT molecular complexity index is 1180. The van der Waals surface area contributed by atoms with E-state index in [4.69, 9.17) is 10.1 Å². The summed E-state index contributed by atoms with van der Waals surface area (Å²) in [6, 6.07) is 16.3. The molecule has 30 heavy (non-hydrogen) atoms. The molecular formula is C23H22N4OS2. The Kier molecular flexibility index (Phi) is 5.31. The van der Waals surface area contributed by atoms with Gasteiger partial charge >= 0.3 is 0 Å². The molecule has 1 aliphatic carbocycles. The molecule has 2 aromatic heterocycles. The summed E-state index contributed by atoms with van der Waals surface area (Å²) >= 11 is 3.40. The van der Waals surface area contributed by atoms with Crippen LogP contribution in [0.1, 0.15) is 30.2 Å². The standard InChI is InChI=1S/C23H22N4OS2/c1-2-29-16-12-10-15(11-13-16)14-21(28)25-22-17-6-5-8-18(17)26-27(22)23-24-19-7-3-4-9-20(19)30-23/h3-4,7,9-13H,2,5-6,8,14H2,1H3,(H,25,28). The number of nitrogens with one attached hydrogen (secondary N) is 1. The summed E-state index contributed by atoms with van der Waals surface area (Å²) in [6.07, 6.45) is 3.32. The number of hydrogen-bond donors (Lipinski definition) is 1. The van der Waals surface area contributed by atoms with Crippen LogP contribution in [0.25, 0.3) is 15.3 Å². The maximum atomic E-state index is 12.9. The number of carbonyl (C=O) groups is 1. The van der Waals surface area contributed by atoms with Crippen molar-refractivity contribution in [2.75, 3.05) is 11.1 Å². The molecule has 0 atom stereocenters. The van der Waals surface area contributed by atoms with Crippen LogP contribution in [0.5, 0.6) is 0 Å². The molecule has 4 aromatic rings. The Balaban J connectivity index is 1.41. The van der Waals surface area contributed by atoms with Crippen LogP contribution in [0, 0.1) is 0 Å². The van der Waals surface area contributed by atoms with Crippen molar-refractivity contribution in [3.05, 3.63) is 65.4 Å². The van der Waals surface area contributed by atoms with Crippen LogP contribution in [0.4, 0.5) is 5.82 Å². The number of rotatable bonds is 6. The molecule has 0 radical (unpaired) electrons. The Morgan fingerprint density at radius 3 is 2.80 bits per heavy atom. The zero-order chi connectivity index (χ0) is 20.5. The number of thioether (sulfide) groups is 1. The van der Waals surface area contributed by atoms with Gasteiger partial charge in [0.05, 0.1) is 22.3 Å². The largest absolute Gasteiger partial charge is 0.310 e. The fourth-order valence-corrected chi connectivity index (χ4v) is 5.43. The average molecular weight is 435 g/mol. The summed E-state index contributed by atoms with van der Waals surface area (Å²) in [4.78, 5) is 18.8. The van der Waals surface area contributed by atoms with Crippen molar-refractivity contribution in [1.29, 1.82) is 0 Å². The summed E-state index contributed by atoms with van der Waals surface area (Å²) < 4.78 is 2.94. The first kappa shape index (κ1) is 19.3. The number of aromatic nitrogens is 3. The molecule has 1 amide bonds. The van der Waals surface area contributed by atoms with Crippen LogP contribution < -0.4 is 5.32 Å². The molecule has 0 saturated heterocycles. The second-order valence-corrected chi connectivity index (χ2v) is 9.65. The number of para-hydroxylation sites is 1. The Morgan fingerprint density at radius 2 is 2.00 bits per heavy atom. The maximum absolute atomic E-state index is 12.9. The van der Waals surface area contributed by atoms with Crippen molar-refractivity contribution in [1.82, 2.24) is 14.8 Å². The Hall–Kier alpha value is -2.64. The summed E-state index contributed by atoms with van der Waals surface area (Å²) in [5, 5.41) is 8.73. The van der Waals surface area contributed by atoms with Crippen LogP contribution >= 0.6 is 23.1 Å². The van der Waals surface area contributed by atoms with Gasteiger partial charge in [-0.3, -0.25) is 4.79 Å². The molecule has 0 fully saturated rings. The number of amides is 1. The molecule has 0 saturated carbocycles. The van der Waals surface area contributed by atoms with Crippen LogP contribution in [0.3, 0.4) is 0 Å². The molecule has 0 unspecified atom stereocenters. The summed E-state index contributed by atoms with van der Waals surface area (Å²) in [5.41, 5.74) is 4.19. The first-order chi connectivity index (χ1) is 14.7. The predicted octanol–water partition coefficient (Wildman–Crippen LogP) is 5.26. The number of benzene rings is 2. The van der Waals surface area contributed by atoms with E-state index in [0.717, 1.165) is 63.0 Å². The minimum Gasteiger partial charge on any atom is -0.310 e. The van der Waals surface area contributed by atoms with Gasteiger partial charge in [0, 0.05) is 10.5 Å². The highest BCUT2D eigenvalue weighted by molar-refractivity contribution is 7.99. The number of hydrogen-bond acceptors (Lipinski definition) is 5. The second kappa shape index (κ2) is 8.24. The molecule has 5 nitrogen and oxygen atoms in total. The fraction of sp³-hybridized carbons (Fsp3) is 0.261. The number of aryl methyl sites for hydroxylation is 1. The predicted molar refractivity (Wildman–Crippen MR) is 124 cm³/mol. The molecule has 7 heteroatoms. The molecule has 5 rings (SSSR count). The maximum Gasteiger partial charge on any atom is 0.229 e. The third-order valence-corrected chi connectivity index (χ3v) is 7.13. The van der Waals surface area contributed by atoms with E-state index in [1.54, 1.807) is 23.1 Å². The van der Waals surface area contributed by atoms with Gasteiger partial charge in [-0.15, -0.1) is 11.8 Å². The van der Waals surface area contributed by atoms with Crippen molar-refractivity contribution >= 4 is 45.0 Å². The van der Waals surface area contributed by atoms with E-state index in [9.17, 15) is 4.79 Å². The molecule has 0 bridgehead atoms. The average Bonchev–Trinajstić information content (AvgIpc) is 3.45. The van der Waals surface area contributed by atoms with Crippen LogP contribution in [-0.4, -0.2) is 26.4 Å². The molecule has 152 valence electrons. The molecule has 1 N–H and O–H groups in total. The quantitative estimate of drug-likeness (QED) is 0.420. The number of anilines is 1.